The molecule has 0 amide bonds. The summed E-state index contributed by atoms with van der Waals surface area (Å²) in [6.45, 7) is 4.88. The van der Waals surface area contributed by atoms with Crippen LogP contribution in [0.15, 0.2) is 12.4 Å². The minimum Gasteiger partial charge on any atom is -0.341 e. The third-order valence-corrected chi connectivity index (χ3v) is 3.00. The maximum absolute atomic E-state index is 5.66. The van der Waals surface area contributed by atoms with E-state index in [1.807, 2.05) is 19.3 Å². The molecule has 1 aliphatic rings. The fourth-order valence-electron chi connectivity index (χ4n) is 1.92. The van der Waals surface area contributed by atoms with Gasteiger partial charge >= 0.3 is 0 Å². The van der Waals surface area contributed by atoms with Crippen molar-refractivity contribution in [2.24, 2.45) is 11.7 Å². The quantitative estimate of drug-likeness (QED) is 0.783. The van der Waals surface area contributed by atoms with Crippen molar-refractivity contribution in [3.05, 3.63) is 18.0 Å². The second kappa shape index (κ2) is 4.57. The zero-order valence-electron chi connectivity index (χ0n) is 9.19. The molecule has 4 nitrogen and oxygen atoms in total. The molecule has 1 aromatic rings. The molecule has 0 unspecified atom stereocenters. The van der Waals surface area contributed by atoms with Crippen LogP contribution >= 0.6 is 0 Å². The number of nitrogens with zero attached hydrogens (tertiary/aromatic N) is 3. The Labute approximate surface area is 90.5 Å². The average Bonchev–Trinajstić information content (AvgIpc) is 2.30. The lowest BCUT2D eigenvalue weighted by Gasteiger charge is -2.31. The molecule has 0 radical (unpaired) electrons. The van der Waals surface area contributed by atoms with Gasteiger partial charge in [-0.3, -0.25) is 0 Å². The SMILES string of the molecule is Cc1cnc(N2CCC(CN)CC2)nc1. The van der Waals surface area contributed by atoms with Crippen molar-refractivity contribution < 1.29 is 0 Å². The van der Waals surface area contributed by atoms with Gasteiger partial charge in [0.1, 0.15) is 0 Å². The number of hydrogen-bond donors (Lipinski definition) is 1. The molecule has 0 saturated carbocycles. The van der Waals surface area contributed by atoms with Gasteiger partial charge in [0.05, 0.1) is 0 Å². The highest BCUT2D eigenvalue weighted by Gasteiger charge is 2.19. The first-order valence-corrected chi connectivity index (χ1v) is 5.53. The van der Waals surface area contributed by atoms with Gasteiger partial charge in [-0.1, -0.05) is 0 Å². The van der Waals surface area contributed by atoms with Gasteiger partial charge in [0.2, 0.25) is 5.95 Å². The van der Waals surface area contributed by atoms with E-state index in [0.29, 0.717) is 5.92 Å². The first kappa shape index (κ1) is 10.4. The first-order valence-electron chi connectivity index (χ1n) is 5.53. The lowest BCUT2D eigenvalue weighted by atomic mass is 9.97. The van der Waals surface area contributed by atoms with Gasteiger partial charge in [0.15, 0.2) is 0 Å². The molecule has 2 N–H and O–H groups in total. The molecule has 0 spiro atoms. The number of nitrogens with two attached hydrogens (primary N) is 1. The number of anilines is 1. The third-order valence-electron chi connectivity index (χ3n) is 3.00. The van der Waals surface area contributed by atoms with Gasteiger partial charge in [-0.05, 0) is 37.8 Å². The van der Waals surface area contributed by atoms with Crippen LogP contribution in [0.1, 0.15) is 18.4 Å². The monoisotopic (exact) mass is 206 g/mol. The summed E-state index contributed by atoms with van der Waals surface area (Å²) in [7, 11) is 0. The summed E-state index contributed by atoms with van der Waals surface area (Å²) in [6, 6.07) is 0. The average molecular weight is 206 g/mol. The van der Waals surface area contributed by atoms with Gasteiger partial charge in [-0.2, -0.15) is 0 Å². The van der Waals surface area contributed by atoms with Crippen molar-refractivity contribution in [3.8, 4) is 0 Å². The van der Waals surface area contributed by atoms with E-state index in [0.717, 1.165) is 44.0 Å². The number of aromatic nitrogens is 2. The Morgan fingerprint density at radius 2 is 1.93 bits per heavy atom. The lowest BCUT2D eigenvalue weighted by molar-refractivity contribution is 0.411. The molecular weight excluding hydrogens is 188 g/mol. The zero-order valence-corrected chi connectivity index (χ0v) is 9.19. The summed E-state index contributed by atoms with van der Waals surface area (Å²) >= 11 is 0. The van der Waals surface area contributed by atoms with Gasteiger partial charge < -0.3 is 10.6 Å². The molecule has 1 saturated heterocycles. The second-order valence-electron chi connectivity index (χ2n) is 4.23. The minimum atomic E-state index is 0.687. The third kappa shape index (κ3) is 2.45. The molecule has 1 aliphatic heterocycles. The summed E-state index contributed by atoms with van der Waals surface area (Å²) < 4.78 is 0. The molecule has 0 bridgehead atoms. The molecule has 4 heteroatoms. The maximum Gasteiger partial charge on any atom is 0.225 e. The van der Waals surface area contributed by atoms with Crippen LogP contribution in [-0.2, 0) is 0 Å². The van der Waals surface area contributed by atoms with Crippen LogP contribution in [0, 0.1) is 12.8 Å². The van der Waals surface area contributed by atoms with Crippen molar-refractivity contribution in [3.63, 3.8) is 0 Å². The molecule has 1 fully saturated rings. The van der Waals surface area contributed by atoms with Crippen LogP contribution in [0.4, 0.5) is 5.95 Å². The van der Waals surface area contributed by atoms with Crippen molar-refractivity contribution in [1.29, 1.82) is 0 Å². The van der Waals surface area contributed by atoms with Gasteiger partial charge in [0, 0.05) is 25.5 Å². The van der Waals surface area contributed by atoms with E-state index in [-0.39, 0.29) is 0 Å². The Morgan fingerprint density at radius 1 is 1.33 bits per heavy atom. The summed E-state index contributed by atoms with van der Waals surface area (Å²) in [5.74, 6) is 1.54. The first-order chi connectivity index (χ1) is 7.29. The van der Waals surface area contributed by atoms with Crippen molar-refractivity contribution >= 4 is 5.95 Å². The Bertz CT molecular complexity index is 301. The van der Waals surface area contributed by atoms with E-state index in [1.165, 1.54) is 0 Å². The standard InChI is InChI=1S/C11H18N4/c1-9-7-13-11(14-8-9)15-4-2-10(6-12)3-5-15/h7-8,10H,2-6,12H2,1H3. The van der Waals surface area contributed by atoms with Crippen LogP contribution in [0.5, 0.6) is 0 Å². The highest BCUT2D eigenvalue weighted by molar-refractivity contribution is 5.30. The number of aryl methyl sites for hydroxylation is 1. The fourth-order valence-corrected chi connectivity index (χ4v) is 1.92. The smallest absolute Gasteiger partial charge is 0.225 e. The summed E-state index contributed by atoms with van der Waals surface area (Å²) in [5, 5.41) is 0. The largest absolute Gasteiger partial charge is 0.341 e. The Morgan fingerprint density at radius 3 is 2.47 bits per heavy atom. The summed E-state index contributed by atoms with van der Waals surface area (Å²) in [4.78, 5) is 10.9. The van der Waals surface area contributed by atoms with E-state index in [2.05, 4.69) is 14.9 Å². The predicted octanol–water partition coefficient (Wildman–Crippen LogP) is 0.960. The van der Waals surface area contributed by atoms with E-state index < -0.39 is 0 Å². The van der Waals surface area contributed by atoms with E-state index >= 15 is 0 Å². The summed E-state index contributed by atoms with van der Waals surface area (Å²) in [6.07, 6.45) is 6.07. The Kier molecular flexibility index (Phi) is 3.16. The zero-order chi connectivity index (χ0) is 10.7. The number of rotatable bonds is 2. The van der Waals surface area contributed by atoms with Crippen LogP contribution < -0.4 is 10.6 Å². The molecule has 82 valence electrons. The van der Waals surface area contributed by atoms with E-state index in [4.69, 9.17) is 5.73 Å². The second-order valence-corrected chi connectivity index (χ2v) is 4.23. The molecule has 0 atom stereocenters. The Balaban J connectivity index is 1.98. The highest BCUT2D eigenvalue weighted by Crippen LogP contribution is 2.19. The van der Waals surface area contributed by atoms with E-state index in [1.54, 1.807) is 0 Å². The highest BCUT2D eigenvalue weighted by atomic mass is 15.2. The van der Waals surface area contributed by atoms with E-state index in [9.17, 15) is 0 Å². The number of piperidine rings is 1. The van der Waals surface area contributed by atoms with Crippen LogP contribution in [0.3, 0.4) is 0 Å². The molecule has 1 aromatic heterocycles. The lowest BCUT2D eigenvalue weighted by Crippen LogP contribution is -2.37. The van der Waals surface area contributed by atoms with Crippen molar-refractivity contribution in [1.82, 2.24) is 9.97 Å². The molecule has 2 heterocycles. The molecule has 15 heavy (non-hydrogen) atoms. The van der Waals surface area contributed by atoms with Crippen molar-refractivity contribution in [2.75, 3.05) is 24.5 Å². The van der Waals surface area contributed by atoms with Gasteiger partial charge in [-0.25, -0.2) is 9.97 Å². The predicted molar refractivity (Wildman–Crippen MR) is 60.8 cm³/mol. The minimum absolute atomic E-state index is 0.687. The molecule has 2 rings (SSSR count). The van der Waals surface area contributed by atoms with Crippen LogP contribution in [-0.4, -0.2) is 29.6 Å². The molecule has 0 aliphatic carbocycles. The fraction of sp³-hybridized carbons (Fsp3) is 0.636. The molecule has 0 aromatic carbocycles. The number of hydrogen-bond acceptors (Lipinski definition) is 4. The maximum atomic E-state index is 5.66. The normalized spacial score (nSPS) is 18.1. The van der Waals surface area contributed by atoms with Crippen LogP contribution in [0.2, 0.25) is 0 Å². The topological polar surface area (TPSA) is 55.0 Å². The Hall–Kier alpha value is -1.16. The van der Waals surface area contributed by atoms with Crippen LogP contribution in [0.25, 0.3) is 0 Å². The summed E-state index contributed by atoms with van der Waals surface area (Å²) in [5.41, 5.74) is 6.76. The van der Waals surface area contributed by atoms with Gasteiger partial charge in [0.25, 0.3) is 0 Å². The van der Waals surface area contributed by atoms with Gasteiger partial charge in [-0.15, -0.1) is 0 Å². The van der Waals surface area contributed by atoms with Crippen molar-refractivity contribution in [2.45, 2.75) is 19.8 Å². The molecular formula is C11H18N4.